The van der Waals surface area contributed by atoms with E-state index >= 15 is 0 Å². The van der Waals surface area contributed by atoms with E-state index in [2.05, 4.69) is 30.9 Å². The van der Waals surface area contributed by atoms with E-state index in [1.807, 2.05) is 6.92 Å². The van der Waals surface area contributed by atoms with Crippen LogP contribution in [0, 0.1) is 0 Å². The molecule has 1 aliphatic rings. The van der Waals surface area contributed by atoms with Crippen molar-refractivity contribution in [1.82, 2.24) is 0 Å². The van der Waals surface area contributed by atoms with Crippen molar-refractivity contribution >= 4 is 0 Å². The van der Waals surface area contributed by atoms with Crippen LogP contribution in [0.5, 0.6) is 0 Å². The highest BCUT2D eigenvalue weighted by Crippen LogP contribution is 2.11. The Hall–Kier alpha value is -0.900. The third-order valence-electron chi connectivity index (χ3n) is 3.34. The van der Waals surface area contributed by atoms with Crippen molar-refractivity contribution in [1.29, 1.82) is 0 Å². The summed E-state index contributed by atoms with van der Waals surface area (Å²) >= 11 is 0. The van der Waals surface area contributed by atoms with Crippen LogP contribution in [0.1, 0.15) is 51.9 Å². The summed E-state index contributed by atoms with van der Waals surface area (Å²) in [4.78, 5) is 0. The number of aliphatic hydroxyl groups excluding tert-OH is 1. The van der Waals surface area contributed by atoms with E-state index < -0.39 is 0 Å². The van der Waals surface area contributed by atoms with Gasteiger partial charge >= 0.3 is 0 Å². The minimum absolute atomic E-state index is 0.0141. The van der Waals surface area contributed by atoms with Crippen LogP contribution in [0.4, 0.5) is 0 Å². The number of ether oxygens (including phenoxy) is 2. The van der Waals surface area contributed by atoms with Gasteiger partial charge in [-0.05, 0) is 45.4 Å². The minimum atomic E-state index is -0.243. The molecular formula is C18H30O3. The molecule has 21 heavy (non-hydrogen) atoms. The van der Waals surface area contributed by atoms with Gasteiger partial charge in [-0.3, -0.25) is 0 Å². The van der Waals surface area contributed by atoms with Gasteiger partial charge in [0, 0.05) is 6.42 Å². The summed E-state index contributed by atoms with van der Waals surface area (Å²) < 4.78 is 10.8. The Morgan fingerprint density at radius 2 is 1.67 bits per heavy atom. The summed E-state index contributed by atoms with van der Waals surface area (Å²) in [6, 6.07) is 0. The molecular weight excluding hydrogens is 264 g/mol. The number of unbranched alkanes of at least 4 members (excludes halogenated alkanes) is 1. The van der Waals surface area contributed by atoms with E-state index in [1.54, 1.807) is 0 Å². The first-order chi connectivity index (χ1) is 10.2. The van der Waals surface area contributed by atoms with Gasteiger partial charge in [0.15, 0.2) is 6.29 Å². The van der Waals surface area contributed by atoms with Gasteiger partial charge in [0.05, 0.1) is 19.3 Å². The van der Waals surface area contributed by atoms with Crippen molar-refractivity contribution in [2.24, 2.45) is 0 Å². The maximum atomic E-state index is 9.68. The van der Waals surface area contributed by atoms with Gasteiger partial charge in [0.25, 0.3) is 0 Å². The normalized spacial score (nSPS) is 18.0. The molecule has 0 aromatic rings. The average Bonchev–Trinajstić information content (AvgIpc) is 2.93. The quantitative estimate of drug-likeness (QED) is 0.460. The molecule has 1 saturated heterocycles. The first-order valence-electron chi connectivity index (χ1n) is 8.04. The number of aliphatic hydroxyl groups is 1. The van der Waals surface area contributed by atoms with E-state index in [0.29, 0.717) is 6.42 Å². The molecule has 3 nitrogen and oxygen atoms in total. The van der Waals surface area contributed by atoms with E-state index in [0.717, 1.165) is 57.3 Å². The van der Waals surface area contributed by atoms with Crippen molar-refractivity contribution in [2.75, 3.05) is 13.2 Å². The van der Waals surface area contributed by atoms with Crippen LogP contribution in [-0.4, -0.2) is 30.7 Å². The Balaban J connectivity index is 1.90. The van der Waals surface area contributed by atoms with Crippen LogP contribution in [0.25, 0.3) is 0 Å². The molecule has 120 valence electrons. The second-order valence-corrected chi connectivity index (χ2v) is 5.66. The van der Waals surface area contributed by atoms with E-state index in [9.17, 15) is 5.11 Å². The van der Waals surface area contributed by atoms with Crippen molar-refractivity contribution in [2.45, 2.75) is 64.3 Å². The second-order valence-electron chi connectivity index (χ2n) is 5.66. The molecule has 0 aromatic heterocycles. The summed E-state index contributed by atoms with van der Waals surface area (Å²) in [5.41, 5.74) is 1.05. The van der Waals surface area contributed by atoms with E-state index in [-0.39, 0.29) is 12.4 Å². The summed E-state index contributed by atoms with van der Waals surface area (Å²) in [7, 11) is 0. The van der Waals surface area contributed by atoms with Gasteiger partial charge < -0.3 is 14.6 Å². The molecule has 0 bridgehead atoms. The zero-order valence-electron chi connectivity index (χ0n) is 13.3. The number of hydrogen-bond donors (Lipinski definition) is 1. The van der Waals surface area contributed by atoms with Crippen LogP contribution in [0.15, 0.2) is 36.5 Å². The molecule has 0 radical (unpaired) electrons. The van der Waals surface area contributed by atoms with E-state index in [1.165, 1.54) is 0 Å². The molecule has 0 spiro atoms. The average molecular weight is 294 g/mol. The lowest BCUT2D eigenvalue weighted by molar-refractivity contribution is -0.0457. The Morgan fingerprint density at radius 1 is 1.10 bits per heavy atom. The van der Waals surface area contributed by atoms with Gasteiger partial charge in [-0.2, -0.15) is 0 Å². The number of rotatable bonds is 11. The lowest BCUT2D eigenvalue weighted by Crippen LogP contribution is -2.05. The van der Waals surface area contributed by atoms with Crippen LogP contribution in [0.3, 0.4) is 0 Å². The molecule has 1 unspecified atom stereocenters. The molecule has 3 heteroatoms. The first-order valence-corrected chi connectivity index (χ1v) is 8.04. The summed E-state index contributed by atoms with van der Waals surface area (Å²) in [6.07, 6.45) is 15.1. The predicted molar refractivity (Wildman–Crippen MR) is 87.1 cm³/mol. The molecule has 1 rings (SSSR count). The van der Waals surface area contributed by atoms with Crippen molar-refractivity contribution < 1.29 is 14.6 Å². The minimum Gasteiger partial charge on any atom is -0.393 e. The Bertz CT molecular complexity index is 327. The summed E-state index contributed by atoms with van der Waals surface area (Å²) in [5.74, 6) is 0. The molecule has 1 aliphatic heterocycles. The third kappa shape index (κ3) is 10.5. The fourth-order valence-corrected chi connectivity index (χ4v) is 2.26. The molecule has 1 N–H and O–H groups in total. The SMILES string of the molecule is C=C(C)CC(O)CCC=CCCC=CCCC1OCCO1. The lowest BCUT2D eigenvalue weighted by atomic mass is 10.1. The number of hydrogen-bond acceptors (Lipinski definition) is 3. The van der Waals surface area contributed by atoms with Crippen LogP contribution in [-0.2, 0) is 9.47 Å². The fraction of sp³-hybridized carbons (Fsp3) is 0.667. The van der Waals surface area contributed by atoms with E-state index in [4.69, 9.17) is 9.47 Å². The van der Waals surface area contributed by atoms with Crippen molar-refractivity contribution in [3.63, 3.8) is 0 Å². The first kappa shape index (κ1) is 18.1. The highest BCUT2D eigenvalue weighted by Gasteiger charge is 2.13. The topological polar surface area (TPSA) is 38.7 Å². The maximum absolute atomic E-state index is 9.68. The molecule has 0 amide bonds. The van der Waals surface area contributed by atoms with Crippen molar-refractivity contribution in [3.05, 3.63) is 36.5 Å². The second kappa shape index (κ2) is 11.7. The van der Waals surface area contributed by atoms with Gasteiger partial charge in [-0.25, -0.2) is 0 Å². The monoisotopic (exact) mass is 294 g/mol. The maximum Gasteiger partial charge on any atom is 0.158 e. The summed E-state index contributed by atoms with van der Waals surface area (Å²) in [5, 5.41) is 9.68. The largest absolute Gasteiger partial charge is 0.393 e. The van der Waals surface area contributed by atoms with Gasteiger partial charge in [0.1, 0.15) is 0 Å². The standard InChI is InChI=1S/C18H30O3/c1-16(2)15-17(19)11-9-7-5-3-4-6-8-10-12-18-20-13-14-21-18/h5-8,17-19H,1,3-4,9-15H2,2H3. The van der Waals surface area contributed by atoms with Gasteiger partial charge in [-0.15, -0.1) is 6.58 Å². The molecule has 1 heterocycles. The highest BCUT2D eigenvalue weighted by atomic mass is 16.7. The molecule has 1 fully saturated rings. The summed E-state index contributed by atoms with van der Waals surface area (Å²) in [6.45, 7) is 7.24. The zero-order valence-corrected chi connectivity index (χ0v) is 13.3. The van der Waals surface area contributed by atoms with Crippen molar-refractivity contribution in [3.8, 4) is 0 Å². The van der Waals surface area contributed by atoms with Crippen LogP contribution >= 0.6 is 0 Å². The predicted octanol–water partition coefficient (Wildman–Crippen LogP) is 4.14. The third-order valence-corrected chi connectivity index (χ3v) is 3.34. The molecule has 1 atom stereocenters. The Kier molecular flexibility index (Phi) is 10.1. The smallest absolute Gasteiger partial charge is 0.158 e. The molecule has 0 aliphatic carbocycles. The van der Waals surface area contributed by atoms with Crippen LogP contribution < -0.4 is 0 Å². The Labute approximate surface area is 129 Å². The fourth-order valence-electron chi connectivity index (χ4n) is 2.26. The van der Waals surface area contributed by atoms with Gasteiger partial charge in [0.2, 0.25) is 0 Å². The number of allylic oxidation sites excluding steroid dienone is 4. The zero-order chi connectivity index (χ0) is 15.3. The Morgan fingerprint density at radius 3 is 2.29 bits per heavy atom. The lowest BCUT2D eigenvalue weighted by Gasteiger charge is -2.07. The van der Waals surface area contributed by atoms with Crippen LogP contribution in [0.2, 0.25) is 0 Å². The molecule has 0 aromatic carbocycles. The van der Waals surface area contributed by atoms with Gasteiger partial charge in [-0.1, -0.05) is 29.9 Å². The molecule has 0 saturated carbocycles. The highest BCUT2D eigenvalue weighted by molar-refractivity contribution is 4.92.